The van der Waals surface area contributed by atoms with Crippen molar-refractivity contribution >= 4 is 11.6 Å². The first-order valence-corrected chi connectivity index (χ1v) is 5.83. The Hall–Kier alpha value is -1.62. The molecule has 1 aromatic carbocycles. The Kier molecular flexibility index (Phi) is 5.09. The third-order valence-electron chi connectivity index (χ3n) is 2.70. The molecule has 1 aromatic rings. The summed E-state index contributed by atoms with van der Waals surface area (Å²) in [5.41, 5.74) is 1.11. The van der Waals surface area contributed by atoms with Crippen molar-refractivity contribution in [3.05, 3.63) is 29.6 Å². The first kappa shape index (κ1) is 14.4. The predicted octanol–water partition coefficient (Wildman–Crippen LogP) is 1.23. The van der Waals surface area contributed by atoms with Crippen LogP contribution in [0.3, 0.4) is 0 Å². The Balaban J connectivity index is 2.94. The number of hydrogen-bond acceptors (Lipinski definition) is 3. The molecule has 5 heteroatoms. The molecule has 1 amide bonds. The zero-order valence-electron chi connectivity index (χ0n) is 11.0. The molecular weight excluding hydrogens is 235 g/mol. The van der Waals surface area contributed by atoms with Crippen LogP contribution in [0.15, 0.2) is 18.2 Å². The molecule has 0 radical (unpaired) electrons. The maximum absolute atomic E-state index is 13.4. The molecule has 0 spiro atoms. The van der Waals surface area contributed by atoms with Crippen LogP contribution in [0.5, 0.6) is 0 Å². The molecule has 0 saturated carbocycles. The van der Waals surface area contributed by atoms with E-state index < -0.39 is 5.82 Å². The van der Waals surface area contributed by atoms with Crippen LogP contribution in [0.2, 0.25) is 0 Å². The first-order chi connectivity index (χ1) is 8.47. The van der Waals surface area contributed by atoms with Gasteiger partial charge in [0.15, 0.2) is 0 Å². The lowest BCUT2D eigenvalue weighted by Gasteiger charge is -2.24. The van der Waals surface area contributed by atoms with Gasteiger partial charge in [-0.15, -0.1) is 0 Å². The average Bonchev–Trinajstić information content (AvgIpc) is 2.34. The second kappa shape index (κ2) is 6.35. The van der Waals surface area contributed by atoms with E-state index in [0.717, 1.165) is 0 Å². The van der Waals surface area contributed by atoms with E-state index in [-0.39, 0.29) is 19.1 Å². The molecule has 0 aliphatic rings. The monoisotopic (exact) mass is 254 g/mol. The van der Waals surface area contributed by atoms with E-state index in [2.05, 4.69) is 0 Å². The van der Waals surface area contributed by atoms with Crippen LogP contribution in [0.25, 0.3) is 0 Å². The van der Waals surface area contributed by atoms with Gasteiger partial charge in [-0.25, -0.2) is 4.39 Å². The lowest BCUT2D eigenvalue weighted by molar-refractivity contribution is -0.127. The van der Waals surface area contributed by atoms with Gasteiger partial charge in [0.2, 0.25) is 5.91 Å². The highest BCUT2D eigenvalue weighted by atomic mass is 19.1. The number of benzene rings is 1. The molecule has 0 unspecified atom stereocenters. The number of anilines is 1. The average molecular weight is 254 g/mol. The number of aliphatic hydroxyl groups is 1. The zero-order chi connectivity index (χ0) is 13.7. The normalized spacial score (nSPS) is 10.3. The number of halogens is 1. The summed E-state index contributed by atoms with van der Waals surface area (Å²) in [4.78, 5) is 14.9. The highest BCUT2D eigenvalue weighted by Gasteiger charge is 2.13. The first-order valence-electron chi connectivity index (χ1n) is 5.83. The van der Waals surface area contributed by atoms with Crippen molar-refractivity contribution in [1.82, 2.24) is 4.90 Å². The molecule has 1 rings (SSSR count). The highest BCUT2D eigenvalue weighted by Crippen LogP contribution is 2.18. The van der Waals surface area contributed by atoms with Gasteiger partial charge >= 0.3 is 0 Å². The highest BCUT2D eigenvalue weighted by molar-refractivity contribution is 5.81. The van der Waals surface area contributed by atoms with Crippen LogP contribution in [-0.2, 0) is 11.4 Å². The Labute approximate surface area is 107 Å². The van der Waals surface area contributed by atoms with Crippen molar-refractivity contribution in [2.75, 3.05) is 32.1 Å². The van der Waals surface area contributed by atoms with Crippen molar-refractivity contribution in [3.63, 3.8) is 0 Å². The van der Waals surface area contributed by atoms with E-state index in [1.54, 1.807) is 25.1 Å². The van der Waals surface area contributed by atoms with Gasteiger partial charge in [0.1, 0.15) is 5.82 Å². The molecule has 1 N–H and O–H groups in total. The molecule has 0 fully saturated rings. The number of hydrogen-bond donors (Lipinski definition) is 1. The Morgan fingerprint density at radius 1 is 1.33 bits per heavy atom. The van der Waals surface area contributed by atoms with Gasteiger partial charge < -0.3 is 14.9 Å². The van der Waals surface area contributed by atoms with E-state index in [9.17, 15) is 9.18 Å². The molecular formula is C13H19FN2O2. The molecule has 0 aliphatic heterocycles. The fourth-order valence-electron chi connectivity index (χ4n) is 1.60. The van der Waals surface area contributed by atoms with E-state index in [4.69, 9.17) is 5.11 Å². The number of amides is 1. The second-order valence-electron chi connectivity index (χ2n) is 4.28. The number of likely N-dealkylation sites (N-methyl/N-ethyl adjacent to an activating group) is 2. The number of aliphatic hydroxyl groups excluding tert-OH is 1. The summed E-state index contributed by atoms with van der Waals surface area (Å²) in [6.07, 6.45) is 0. The lowest BCUT2D eigenvalue weighted by atomic mass is 10.2. The SMILES string of the molecule is CCN(CC(=O)N(C)C)c1cc(F)cc(CO)c1. The summed E-state index contributed by atoms with van der Waals surface area (Å²) < 4.78 is 13.4. The summed E-state index contributed by atoms with van der Waals surface area (Å²) in [6, 6.07) is 4.34. The van der Waals surface area contributed by atoms with E-state index in [0.29, 0.717) is 17.8 Å². The van der Waals surface area contributed by atoms with Crippen molar-refractivity contribution < 1.29 is 14.3 Å². The van der Waals surface area contributed by atoms with Gasteiger partial charge in [0.05, 0.1) is 13.2 Å². The smallest absolute Gasteiger partial charge is 0.241 e. The molecule has 0 bridgehead atoms. The summed E-state index contributed by atoms with van der Waals surface area (Å²) >= 11 is 0. The number of carbonyl (C=O) groups excluding carboxylic acids is 1. The summed E-state index contributed by atoms with van der Waals surface area (Å²) in [7, 11) is 3.36. The van der Waals surface area contributed by atoms with Crippen LogP contribution < -0.4 is 4.90 Å². The minimum absolute atomic E-state index is 0.0494. The van der Waals surface area contributed by atoms with Crippen LogP contribution in [0, 0.1) is 5.82 Å². The van der Waals surface area contributed by atoms with Gasteiger partial charge in [-0.3, -0.25) is 4.79 Å². The van der Waals surface area contributed by atoms with Crippen molar-refractivity contribution in [1.29, 1.82) is 0 Å². The van der Waals surface area contributed by atoms with Crippen LogP contribution in [-0.4, -0.2) is 43.1 Å². The summed E-state index contributed by atoms with van der Waals surface area (Å²) in [5.74, 6) is -0.459. The minimum Gasteiger partial charge on any atom is -0.392 e. The van der Waals surface area contributed by atoms with Crippen molar-refractivity contribution in [2.45, 2.75) is 13.5 Å². The predicted molar refractivity (Wildman–Crippen MR) is 68.9 cm³/mol. The molecule has 100 valence electrons. The quantitative estimate of drug-likeness (QED) is 0.859. The Morgan fingerprint density at radius 3 is 2.50 bits per heavy atom. The Bertz CT molecular complexity index is 421. The van der Waals surface area contributed by atoms with Gasteiger partial charge in [0.25, 0.3) is 0 Å². The topological polar surface area (TPSA) is 43.8 Å². The molecule has 0 aliphatic carbocycles. The van der Waals surface area contributed by atoms with Gasteiger partial charge in [-0.1, -0.05) is 0 Å². The van der Waals surface area contributed by atoms with Crippen LogP contribution in [0.1, 0.15) is 12.5 Å². The third-order valence-corrected chi connectivity index (χ3v) is 2.70. The molecule has 0 heterocycles. The van der Waals surface area contributed by atoms with Crippen LogP contribution >= 0.6 is 0 Å². The summed E-state index contributed by atoms with van der Waals surface area (Å²) in [5, 5.41) is 9.05. The van der Waals surface area contributed by atoms with Gasteiger partial charge in [0, 0.05) is 26.3 Å². The minimum atomic E-state index is -0.410. The second-order valence-corrected chi connectivity index (χ2v) is 4.28. The van der Waals surface area contributed by atoms with Crippen molar-refractivity contribution in [2.24, 2.45) is 0 Å². The lowest BCUT2D eigenvalue weighted by Crippen LogP contribution is -2.36. The van der Waals surface area contributed by atoms with E-state index >= 15 is 0 Å². The molecule has 0 saturated heterocycles. The van der Waals surface area contributed by atoms with E-state index in [1.807, 2.05) is 6.92 Å². The number of nitrogens with zero attached hydrogens (tertiary/aromatic N) is 2. The fourth-order valence-corrected chi connectivity index (χ4v) is 1.60. The number of rotatable bonds is 5. The zero-order valence-corrected chi connectivity index (χ0v) is 11.0. The van der Waals surface area contributed by atoms with Gasteiger partial charge in [-0.2, -0.15) is 0 Å². The van der Waals surface area contributed by atoms with Crippen LogP contribution in [0.4, 0.5) is 10.1 Å². The molecule has 0 aromatic heterocycles. The fraction of sp³-hybridized carbons (Fsp3) is 0.462. The van der Waals surface area contributed by atoms with Gasteiger partial charge in [-0.05, 0) is 30.7 Å². The third kappa shape index (κ3) is 3.70. The molecule has 4 nitrogen and oxygen atoms in total. The van der Waals surface area contributed by atoms with Crippen molar-refractivity contribution in [3.8, 4) is 0 Å². The number of carbonyl (C=O) groups is 1. The molecule has 0 atom stereocenters. The standard InChI is InChI=1S/C13H19FN2O2/c1-4-16(8-13(18)15(2)3)12-6-10(9-17)5-11(14)7-12/h5-7,17H,4,8-9H2,1-3H3. The largest absolute Gasteiger partial charge is 0.392 e. The maximum atomic E-state index is 13.4. The maximum Gasteiger partial charge on any atom is 0.241 e. The van der Waals surface area contributed by atoms with E-state index in [1.165, 1.54) is 17.0 Å². The summed E-state index contributed by atoms with van der Waals surface area (Å²) in [6.45, 7) is 2.46. The molecule has 18 heavy (non-hydrogen) atoms. The Morgan fingerprint density at radius 2 is 2.00 bits per heavy atom.